The van der Waals surface area contributed by atoms with E-state index in [-0.39, 0.29) is 12.6 Å². The van der Waals surface area contributed by atoms with Crippen LogP contribution in [0.2, 0.25) is 0 Å². The predicted molar refractivity (Wildman–Crippen MR) is 144 cm³/mol. The highest BCUT2D eigenvalue weighted by molar-refractivity contribution is 7.77. The molecule has 1 saturated heterocycles. The van der Waals surface area contributed by atoms with Crippen LogP contribution in [-0.4, -0.2) is 59.1 Å². The van der Waals surface area contributed by atoms with E-state index in [0.717, 1.165) is 60.5 Å². The number of hydrogen-bond donors (Lipinski definition) is 3. The van der Waals surface area contributed by atoms with Crippen molar-refractivity contribution in [2.24, 2.45) is 0 Å². The first-order chi connectivity index (χ1) is 17.9. The van der Waals surface area contributed by atoms with E-state index in [1.54, 1.807) is 6.20 Å². The van der Waals surface area contributed by atoms with Gasteiger partial charge in [-0.1, -0.05) is 30.3 Å². The number of piperidine rings is 1. The highest BCUT2D eigenvalue weighted by Gasteiger charge is 2.21. The Morgan fingerprint density at radius 2 is 1.92 bits per heavy atom. The summed E-state index contributed by atoms with van der Waals surface area (Å²) < 4.78 is 25.9. The number of anilines is 2. The van der Waals surface area contributed by atoms with E-state index in [1.165, 1.54) is 5.56 Å². The van der Waals surface area contributed by atoms with E-state index in [0.29, 0.717) is 11.9 Å². The maximum absolute atomic E-state index is 10.8. The van der Waals surface area contributed by atoms with Gasteiger partial charge in [0.2, 0.25) is 5.95 Å². The van der Waals surface area contributed by atoms with Gasteiger partial charge in [-0.15, -0.1) is 5.10 Å². The van der Waals surface area contributed by atoms with Crippen LogP contribution >= 0.6 is 0 Å². The van der Waals surface area contributed by atoms with Gasteiger partial charge in [-0.05, 0) is 80.2 Å². The average molecular weight is 520 g/mol. The minimum absolute atomic E-state index is 0.228. The Labute approximate surface area is 219 Å². The zero-order valence-corrected chi connectivity index (χ0v) is 21.5. The molecule has 1 fully saturated rings. The summed E-state index contributed by atoms with van der Waals surface area (Å²) in [6.07, 6.45) is 3.69. The first-order valence-corrected chi connectivity index (χ1v) is 13.6. The van der Waals surface area contributed by atoms with Gasteiger partial charge < -0.3 is 19.9 Å². The lowest BCUT2D eigenvalue weighted by atomic mass is 9.89. The van der Waals surface area contributed by atoms with Gasteiger partial charge >= 0.3 is 0 Å². The van der Waals surface area contributed by atoms with E-state index in [4.69, 9.17) is 5.10 Å². The van der Waals surface area contributed by atoms with Crippen molar-refractivity contribution in [3.05, 3.63) is 78.0 Å². The third-order valence-electron chi connectivity index (χ3n) is 6.76. The van der Waals surface area contributed by atoms with Crippen LogP contribution in [0.4, 0.5) is 11.6 Å². The van der Waals surface area contributed by atoms with Crippen molar-refractivity contribution in [1.82, 2.24) is 24.2 Å². The van der Waals surface area contributed by atoms with Crippen LogP contribution in [0.1, 0.15) is 36.8 Å². The molecule has 0 aliphatic carbocycles. The Bertz CT molecular complexity index is 1370. The zero-order valence-electron chi connectivity index (χ0n) is 20.7. The molecule has 2 atom stereocenters. The predicted octanol–water partition coefficient (Wildman–Crippen LogP) is 3.58. The molecule has 4 aromatic rings. The van der Waals surface area contributed by atoms with Gasteiger partial charge in [-0.2, -0.15) is 0 Å². The smallest absolute Gasteiger partial charge is 0.245 e. The molecule has 2 aromatic carbocycles. The first kappa shape index (κ1) is 25.5. The summed E-state index contributed by atoms with van der Waals surface area (Å²) in [6.45, 7) is 4.84. The molecule has 0 radical (unpaired) electrons. The van der Waals surface area contributed by atoms with Crippen LogP contribution in [0.15, 0.2) is 66.9 Å². The molecule has 10 heteroatoms. The molecule has 0 spiro atoms. The summed E-state index contributed by atoms with van der Waals surface area (Å²) in [5.41, 5.74) is 5.80. The van der Waals surface area contributed by atoms with Crippen molar-refractivity contribution in [2.75, 3.05) is 25.0 Å². The number of benzene rings is 2. The SMILES string of the molecule is C[C@H](O)CN1CCC(c2ccc(Nc3ncc4ccc(-c5cccc(CNS(=O)[O-])c5)n4n3)cc2)CC1. The van der Waals surface area contributed by atoms with E-state index >= 15 is 0 Å². The van der Waals surface area contributed by atoms with Crippen molar-refractivity contribution >= 4 is 28.4 Å². The maximum Gasteiger partial charge on any atom is 0.245 e. The van der Waals surface area contributed by atoms with Crippen LogP contribution in [0.3, 0.4) is 0 Å². The molecule has 1 unspecified atom stereocenters. The number of fused-ring (bicyclic) bond motifs is 1. The van der Waals surface area contributed by atoms with Gasteiger partial charge in [0.25, 0.3) is 0 Å². The first-order valence-electron chi connectivity index (χ1n) is 12.5. The molecule has 37 heavy (non-hydrogen) atoms. The summed E-state index contributed by atoms with van der Waals surface area (Å²) >= 11 is -2.31. The number of nitrogens with one attached hydrogen (secondary N) is 2. The fourth-order valence-corrected chi connectivity index (χ4v) is 5.24. The van der Waals surface area contributed by atoms with Crippen molar-refractivity contribution in [1.29, 1.82) is 0 Å². The number of β-amino-alcohol motifs (C(OH)–C–C–N with tert-alkyl or cyclic N) is 1. The van der Waals surface area contributed by atoms with Crippen LogP contribution in [0.25, 0.3) is 16.8 Å². The molecule has 194 valence electrons. The lowest BCUT2D eigenvalue weighted by Gasteiger charge is -2.32. The van der Waals surface area contributed by atoms with Crippen LogP contribution < -0.4 is 10.0 Å². The van der Waals surface area contributed by atoms with E-state index in [9.17, 15) is 13.9 Å². The molecule has 0 saturated carbocycles. The van der Waals surface area contributed by atoms with Gasteiger partial charge in [-0.3, -0.25) is 4.21 Å². The molecular weight excluding hydrogens is 488 g/mol. The van der Waals surface area contributed by atoms with Crippen LogP contribution in [0, 0.1) is 0 Å². The molecule has 1 aliphatic rings. The Kier molecular flexibility index (Phi) is 7.92. The van der Waals surface area contributed by atoms with E-state index in [1.807, 2.05) is 47.8 Å². The quantitative estimate of drug-likeness (QED) is 0.289. The number of rotatable bonds is 9. The van der Waals surface area contributed by atoms with Crippen molar-refractivity contribution < 1.29 is 13.9 Å². The van der Waals surface area contributed by atoms with Gasteiger partial charge in [0.05, 0.1) is 23.5 Å². The Balaban J connectivity index is 1.28. The summed E-state index contributed by atoms with van der Waals surface area (Å²) in [6, 6.07) is 20.1. The molecule has 0 amide bonds. The van der Waals surface area contributed by atoms with Crippen molar-refractivity contribution in [3.8, 4) is 11.3 Å². The zero-order chi connectivity index (χ0) is 25.8. The molecule has 3 heterocycles. The third kappa shape index (κ3) is 6.41. The number of aliphatic hydroxyl groups is 1. The lowest BCUT2D eigenvalue weighted by molar-refractivity contribution is 0.109. The second-order valence-corrected chi connectivity index (χ2v) is 10.3. The molecular formula is C27H31N6O3S-. The Morgan fingerprint density at radius 3 is 2.65 bits per heavy atom. The molecule has 1 aliphatic heterocycles. The standard InChI is InChI=1S/C27H32N6O3S/c1-19(34)18-32-13-11-22(12-14-32)21-5-7-24(8-6-21)30-27-28-17-25-9-10-26(33(25)31-27)23-4-2-3-20(15-23)16-29-37(35)36/h2-10,15,17,19,22,29,34H,11-14,16,18H2,1H3,(H,30,31)(H,35,36)/p-1/t19-/m0/s1. The van der Waals surface area contributed by atoms with Crippen molar-refractivity contribution in [3.63, 3.8) is 0 Å². The summed E-state index contributed by atoms with van der Waals surface area (Å²) in [7, 11) is 0. The van der Waals surface area contributed by atoms with Gasteiger partial charge in [0.1, 0.15) is 0 Å². The average Bonchev–Trinajstić information content (AvgIpc) is 3.32. The Hall–Kier alpha value is -3.15. The maximum atomic E-state index is 10.8. The molecule has 5 rings (SSSR count). The topological polar surface area (TPSA) is 118 Å². The summed E-state index contributed by atoms with van der Waals surface area (Å²) in [4.78, 5) is 6.81. The minimum Gasteiger partial charge on any atom is -0.760 e. The highest BCUT2D eigenvalue weighted by atomic mass is 32.2. The molecule has 2 aromatic heterocycles. The van der Waals surface area contributed by atoms with E-state index in [2.05, 4.69) is 44.2 Å². The minimum atomic E-state index is -2.31. The van der Waals surface area contributed by atoms with Gasteiger partial charge in [-0.25, -0.2) is 14.2 Å². The lowest BCUT2D eigenvalue weighted by Crippen LogP contribution is -2.37. The normalized spacial score (nSPS) is 16.6. The number of nitrogens with zero attached hydrogens (tertiary/aromatic N) is 4. The van der Waals surface area contributed by atoms with Gasteiger partial charge in [0.15, 0.2) is 0 Å². The van der Waals surface area contributed by atoms with Crippen LogP contribution in [-0.2, 0) is 17.8 Å². The summed E-state index contributed by atoms with van der Waals surface area (Å²) in [5.74, 6) is 1.03. The molecule has 3 N–H and O–H groups in total. The number of hydrogen-bond acceptors (Lipinski definition) is 7. The fourth-order valence-electron chi connectivity index (χ4n) is 4.95. The number of likely N-dealkylation sites (tertiary alicyclic amines) is 1. The number of aromatic nitrogens is 3. The third-order valence-corrected chi connectivity index (χ3v) is 7.14. The monoisotopic (exact) mass is 519 g/mol. The second-order valence-electron chi connectivity index (χ2n) is 9.56. The fraction of sp³-hybridized carbons (Fsp3) is 0.333. The molecule has 0 bridgehead atoms. The second kappa shape index (κ2) is 11.5. The van der Waals surface area contributed by atoms with Gasteiger partial charge in [0, 0.05) is 35.6 Å². The highest BCUT2D eigenvalue weighted by Crippen LogP contribution is 2.29. The van der Waals surface area contributed by atoms with Crippen molar-refractivity contribution in [2.45, 2.75) is 38.3 Å². The van der Waals surface area contributed by atoms with E-state index < -0.39 is 11.3 Å². The summed E-state index contributed by atoms with van der Waals surface area (Å²) in [5, 5.41) is 17.6. The van der Waals surface area contributed by atoms with Crippen LogP contribution in [0.5, 0.6) is 0 Å². The molecule has 9 nitrogen and oxygen atoms in total. The Morgan fingerprint density at radius 1 is 1.14 bits per heavy atom. The largest absolute Gasteiger partial charge is 0.760 e. The number of aliphatic hydroxyl groups excluding tert-OH is 1.